The van der Waals surface area contributed by atoms with Gasteiger partial charge < -0.3 is 19.5 Å². The molecule has 1 N–H and O–H groups in total. The smallest absolute Gasteiger partial charge is 0.264 e. The summed E-state index contributed by atoms with van der Waals surface area (Å²) in [7, 11) is 0. The van der Waals surface area contributed by atoms with Crippen LogP contribution in [0.3, 0.4) is 0 Å². The van der Waals surface area contributed by atoms with Gasteiger partial charge in [0.05, 0.1) is 6.54 Å². The van der Waals surface area contributed by atoms with Crippen molar-refractivity contribution in [3.8, 4) is 17.2 Å². The molecular formula is C20H23NO4. The van der Waals surface area contributed by atoms with Gasteiger partial charge in [-0.25, -0.2) is 0 Å². The van der Waals surface area contributed by atoms with Gasteiger partial charge in [-0.2, -0.15) is 0 Å². The third-order valence-electron chi connectivity index (χ3n) is 3.93. The Hall–Kier alpha value is -2.69. The second kappa shape index (κ2) is 8.42. The van der Waals surface area contributed by atoms with Crippen LogP contribution in [0.15, 0.2) is 48.5 Å². The van der Waals surface area contributed by atoms with Crippen molar-refractivity contribution in [3.63, 3.8) is 0 Å². The average Bonchev–Trinajstić information content (AvgIpc) is 2.66. The van der Waals surface area contributed by atoms with E-state index in [9.17, 15) is 4.79 Å². The highest BCUT2D eigenvalue weighted by atomic mass is 16.6. The SMILES string of the molecule is CCCc1ccc(OCCNC(=O)C2COc3ccccc3O2)cc1. The Kier molecular flexibility index (Phi) is 5.77. The van der Waals surface area contributed by atoms with Gasteiger partial charge in [-0.05, 0) is 36.2 Å². The highest BCUT2D eigenvalue weighted by Crippen LogP contribution is 2.30. The lowest BCUT2D eigenvalue weighted by Gasteiger charge is -2.25. The number of hydrogen-bond acceptors (Lipinski definition) is 4. The maximum absolute atomic E-state index is 12.2. The van der Waals surface area contributed by atoms with Crippen LogP contribution in [0.4, 0.5) is 0 Å². The standard InChI is InChI=1S/C20H23NO4/c1-2-5-15-8-10-16(11-9-15)23-13-12-21-20(22)19-14-24-17-6-3-4-7-18(17)25-19/h3-4,6-11,19H,2,5,12-14H2,1H3,(H,21,22). The third-order valence-corrected chi connectivity index (χ3v) is 3.93. The van der Waals surface area contributed by atoms with E-state index >= 15 is 0 Å². The molecule has 5 nitrogen and oxygen atoms in total. The summed E-state index contributed by atoms with van der Waals surface area (Å²) in [4.78, 5) is 12.2. The second-order valence-electron chi connectivity index (χ2n) is 5.90. The lowest BCUT2D eigenvalue weighted by Crippen LogP contribution is -2.45. The molecule has 0 spiro atoms. The number of benzene rings is 2. The highest BCUT2D eigenvalue weighted by Gasteiger charge is 2.26. The zero-order chi connectivity index (χ0) is 17.5. The predicted molar refractivity (Wildman–Crippen MR) is 95.3 cm³/mol. The van der Waals surface area contributed by atoms with Crippen LogP contribution in [0.1, 0.15) is 18.9 Å². The van der Waals surface area contributed by atoms with E-state index in [0.717, 1.165) is 18.6 Å². The summed E-state index contributed by atoms with van der Waals surface area (Å²) in [6, 6.07) is 15.4. The number of aryl methyl sites for hydroxylation is 1. The predicted octanol–water partition coefficient (Wildman–Crippen LogP) is 2.97. The third kappa shape index (κ3) is 4.66. The maximum Gasteiger partial charge on any atom is 0.264 e. The van der Waals surface area contributed by atoms with Crippen LogP contribution in [0.2, 0.25) is 0 Å². The van der Waals surface area contributed by atoms with Crippen LogP contribution >= 0.6 is 0 Å². The van der Waals surface area contributed by atoms with Crippen molar-refractivity contribution >= 4 is 5.91 Å². The van der Waals surface area contributed by atoms with Gasteiger partial charge in [0.25, 0.3) is 5.91 Å². The van der Waals surface area contributed by atoms with Crippen molar-refractivity contribution in [2.45, 2.75) is 25.9 Å². The summed E-state index contributed by atoms with van der Waals surface area (Å²) in [5, 5.41) is 2.82. The first-order valence-corrected chi connectivity index (χ1v) is 8.64. The molecule has 3 rings (SSSR count). The fourth-order valence-electron chi connectivity index (χ4n) is 2.65. The van der Waals surface area contributed by atoms with Gasteiger partial charge in [0.2, 0.25) is 6.10 Å². The van der Waals surface area contributed by atoms with Gasteiger partial charge >= 0.3 is 0 Å². The average molecular weight is 341 g/mol. The van der Waals surface area contributed by atoms with E-state index in [2.05, 4.69) is 24.4 Å². The first-order chi connectivity index (χ1) is 12.3. The fraction of sp³-hybridized carbons (Fsp3) is 0.350. The lowest BCUT2D eigenvalue weighted by molar-refractivity contribution is -0.130. The molecule has 1 atom stereocenters. The van der Waals surface area contributed by atoms with Crippen molar-refractivity contribution in [3.05, 3.63) is 54.1 Å². The Balaban J connectivity index is 1.40. The number of carbonyl (C=O) groups is 1. The molecule has 0 fully saturated rings. The minimum absolute atomic E-state index is 0.198. The van der Waals surface area contributed by atoms with Gasteiger partial charge in [-0.15, -0.1) is 0 Å². The molecule has 1 aliphatic rings. The second-order valence-corrected chi connectivity index (χ2v) is 5.90. The molecule has 1 amide bonds. The Morgan fingerprint density at radius 2 is 1.92 bits per heavy atom. The first-order valence-electron chi connectivity index (χ1n) is 8.64. The molecule has 132 valence electrons. The zero-order valence-electron chi connectivity index (χ0n) is 14.4. The molecule has 1 heterocycles. The number of carbonyl (C=O) groups excluding carboxylic acids is 1. The number of ether oxygens (including phenoxy) is 3. The first kappa shape index (κ1) is 17.1. The van der Waals surface area contributed by atoms with Crippen LogP contribution in [0.25, 0.3) is 0 Å². The number of hydrogen-bond donors (Lipinski definition) is 1. The topological polar surface area (TPSA) is 56.8 Å². The summed E-state index contributed by atoms with van der Waals surface area (Å²) in [5.74, 6) is 1.87. The Labute approximate surface area is 147 Å². The van der Waals surface area contributed by atoms with E-state index in [1.807, 2.05) is 30.3 Å². The van der Waals surface area contributed by atoms with Gasteiger partial charge in [0.1, 0.15) is 19.0 Å². The number of fused-ring (bicyclic) bond motifs is 1. The van der Waals surface area contributed by atoms with Crippen LogP contribution in [-0.2, 0) is 11.2 Å². The summed E-state index contributed by atoms with van der Waals surface area (Å²) in [6.07, 6.45) is 1.57. The number of nitrogens with one attached hydrogen (secondary N) is 1. The molecule has 0 aromatic heterocycles. The van der Waals surface area contributed by atoms with Crippen molar-refractivity contribution in [1.82, 2.24) is 5.32 Å². The molecule has 0 radical (unpaired) electrons. The van der Waals surface area contributed by atoms with Gasteiger partial charge in [-0.3, -0.25) is 4.79 Å². The molecule has 0 aliphatic carbocycles. The molecule has 0 saturated heterocycles. The van der Waals surface area contributed by atoms with E-state index in [1.165, 1.54) is 5.56 Å². The molecule has 5 heteroatoms. The Morgan fingerprint density at radius 1 is 1.16 bits per heavy atom. The normalized spacial score (nSPS) is 15.5. The van der Waals surface area contributed by atoms with Crippen LogP contribution in [0, 0.1) is 0 Å². The van der Waals surface area contributed by atoms with E-state index in [-0.39, 0.29) is 12.5 Å². The summed E-state index contributed by atoms with van der Waals surface area (Å²) >= 11 is 0. The molecule has 25 heavy (non-hydrogen) atoms. The summed E-state index contributed by atoms with van der Waals surface area (Å²) in [6.45, 7) is 3.19. The number of amides is 1. The molecule has 2 aromatic carbocycles. The van der Waals surface area contributed by atoms with Crippen LogP contribution < -0.4 is 19.5 Å². The monoisotopic (exact) mass is 341 g/mol. The van der Waals surface area contributed by atoms with E-state index in [1.54, 1.807) is 6.07 Å². The van der Waals surface area contributed by atoms with Gasteiger partial charge in [-0.1, -0.05) is 37.6 Å². The molecule has 0 saturated carbocycles. The maximum atomic E-state index is 12.2. The minimum Gasteiger partial charge on any atom is -0.492 e. The quantitative estimate of drug-likeness (QED) is 0.787. The van der Waals surface area contributed by atoms with Crippen molar-refractivity contribution in [2.75, 3.05) is 19.8 Å². The van der Waals surface area contributed by atoms with Crippen molar-refractivity contribution < 1.29 is 19.0 Å². The molecule has 1 unspecified atom stereocenters. The zero-order valence-corrected chi connectivity index (χ0v) is 14.4. The van der Waals surface area contributed by atoms with Gasteiger partial charge in [0.15, 0.2) is 11.5 Å². The number of rotatable bonds is 7. The molecular weight excluding hydrogens is 318 g/mol. The summed E-state index contributed by atoms with van der Waals surface area (Å²) in [5.41, 5.74) is 1.30. The molecule has 1 aliphatic heterocycles. The van der Waals surface area contributed by atoms with E-state index in [4.69, 9.17) is 14.2 Å². The fourth-order valence-corrected chi connectivity index (χ4v) is 2.65. The highest BCUT2D eigenvalue weighted by molar-refractivity contribution is 5.81. The Morgan fingerprint density at radius 3 is 2.68 bits per heavy atom. The van der Waals surface area contributed by atoms with E-state index < -0.39 is 6.10 Å². The van der Waals surface area contributed by atoms with Crippen LogP contribution in [0.5, 0.6) is 17.2 Å². The Bertz CT molecular complexity index is 699. The molecule has 2 aromatic rings. The lowest BCUT2D eigenvalue weighted by atomic mass is 10.1. The van der Waals surface area contributed by atoms with Gasteiger partial charge in [0, 0.05) is 0 Å². The largest absolute Gasteiger partial charge is 0.492 e. The summed E-state index contributed by atoms with van der Waals surface area (Å²) < 4.78 is 16.9. The van der Waals surface area contributed by atoms with Crippen molar-refractivity contribution in [2.24, 2.45) is 0 Å². The van der Waals surface area contributed by atoms with E-state index in [0.29, 0.717) is 24.7 Å². The number of para-hydroxylation sites is 2. The molecule has 0 bridgehead atoms. The van der Waals surface area contributed by atoms with Crippen molar-refractivity contribution in [1.29, 1.82) is 0 Å². The van der Waals surface area contributed by atoms with Crippen LogP contribution in [-0.4, -0.2) is 31.8 Å². The minimum atomic E-state index is -0.636.